The highest BCUT2D eigenvalue weighted by Gasteiger charge is 2.71. The number of carbonyl (C=O) groups is 2. The Morgan fingerprint density at radius 1 is 0.469 bits per heavy atom. The number of phenols is 1. The smallest absolute Gasteiger partial charge is 0.331 e. The van der Waals surface area contributed by atoms with Crippen molar-refractivity contribution in [3.63, 3.8) is 0 Å². The molecule has 8 aliphatic heterocycles. The number of allylic oxidation sites excluding steroid dienone is 2. The van der Waals surface area contributed by atoms with Gasteiger partial charge in [-0.25, -0.2) is 4.79 Å². The molecule has 0 bridgehead atoms. The van der Waals surface area contributed by atoms with Crippen LogP contribution in [0.25, 0.3) is 6.08 Å². The molecule has 1 aromatic carbocycles. The third-order valence-electron chi connectivity index (χ3n) is 30.9. The highest BCUT2D eigenvalue weighted by molar-refractivity contribution is 5.87. The van der Waals surface area contributed by atoms with Crippen LogP contribution in [-0.4, -0.2) is 411 Å². The first kappa shape index (κ1) is 99.8. The molecule has 0 spiro atoms. The van der Waals surface area contributed by atoms with Gasteiger partial charge < -0.3 is 198 Å². The summed E-state index contributed by atoms with van der Waals surface area (Å²) < 4.78 is 106. The summed E-state index contributed by atoms with van der Waals surface area (Å²) in [6.45, 7) is 14.1. The SMILES string of the molecule is COc1ccc(C=CC(=O)O[C@@H]2[C@@H](O)[C@H](O[C@H]3[C@H](O)[C@@H](O)[C@H](O[C@@H]4CO[C@@H](O[C@@H]5[C@@H](O)[C@H](C)O[C@@H](O[C@H]6[C@H](O[C@@H]7CC[C@]8(C)[C@H]9CC=C%10[C@@H]%11CC(C)(C)CC[C@]%11(C(=O)O[C@@H]%11O[C@H](CO[C@@H]%12O[C@H](CO)[C@@H](O[C@@H]%13O[C@@H](C)[C@H](O)[C@@H](O)[C@H]%13O)[C@H](O)[C@H]%12O)[C@@H](O)[C@H](O)[C@H]%11O)CC[C@@]%10(C)[C@]9(C)CC[C@H]8C7(C)C)OC[C@H](O)[C@@H]6O)[C@@H]5O)[C@H](O)[C@@H]4O)O[C@@H]3CO)O[C@H](CO)[C@H]2O)cc1O. The van der Waals surface area contributed by atoms with E-state index in [1.54, 1.807) is 0 Å². The predicted molar refractivity (Wildman–Crippen MR) is 426 cm³/mol. The third kappa shape index (κ3) is 18.5. The van der Waals surface area contributed by atoms with Crippen molar-refractivity contribution in [3.8, 4) is 11.5 Å². The van der Waals surface area contributed by atoms with E-state index in [1.165, 1.54) is 45.2 Å². The van der Waals surface area contributed by atoms with E-state index in [2.05, 4.69) is 54.5 Å². The van der Waals surface area contributed by atoms with Crippen molar-refractivity contribution in [2.75, 3.05) is 46.8 Å². The lowest BCUT2D eigenvalue weighted by molar-refractivity contribution is -0.386. The summed E-state index contributed by atoms with van der Waals surface area (Å²) in [6.07, 6.45) is -56.1. The van der Waals surface area contributed by atoms with Crippen molar-refractivity contribution in [1.82, 2.24) is 0 Å². The Labute approximate surface area is 738 Å². The topological polar surface area (TPSA) is 645 Å². The number of aliphatic hydroxyl groups is 21. The third-order valence-corrected chi connectivity index (χ3v) is 30.9. The van der Waals surface area contributed by atoms with Gasteiger partial charge in [-0.2, -0.15) is 0 Å². The van der Waals surface area contributed by atoms with Gasteiger partial charge in [0.05, 0.1) is 70.5 Å². The molecule has 0 radical (unpaired) electrons. The molecule has 0 unspecified atom stereocenters. The summed E-state index contributed by atoms with van der Waals surface area (Å²) in [5.74, 6) is -2.03. The van der Waals surface area contributed by atoms with E-state index in [0.29, 0.717) is 56.9 Å². The van der Waals surface area contributed by atoms with E-state index in [0.717, 1.165) is 24.5 Å². The first-order valence-corrected chi connectivity index (χ1v) is 44.3. The van der Waals surface area contributed by atoms with E-state index in [1.807, 2.05) is 0 Å². The number of esters is 2. The molecule has 8 saturated heterocycles. The summed E-state index contributed by atoms with van der Waals surface area (Å²) >= 11 is 0. The van der Waals surface area contributed by atoms with Gasteiger partial charge >= 0.3 is 11.9 Å². The summed E-state index contributed by atoms with van der Waals surface area (Å²) in [5.41, 5.74) is -1.55. The molecular weight excluding hydrogens is 1700 g/mol. The fraction of sp³-hybridized carbons (Fsp3) is 0.860. The first-order chi connectivity index (χ1) is 60.3. The molecule has 8 heterocycles. The normalized spacial score (nSPS) is 50.2. The molecule has 728 valence electrons. The maximum Gasteiger partial charge on any atom is 0.331 e. The minimum absolute atomic E-state index is 0.0258. The van der Waals surface area contributed by atoms with Crippen LogP contribution in [0.4, 0.5) is 0 Å². The Morgan fingerprint density at radius 3 is 1.67 bits per heavy atom. The van der Waals surface area contributed by atoms with Crippen LogP contribution in [0, 0.1) is 50.2 Å². The standard InChI is InChI=1S/C86H132O42/c1-33-50(93)56(99)61(104)74(115-33)124-67-42(28-88)118-72(63(106)58(67)101)113-31-44-53(96)57(100)62(105)76(121-44)128-80(110)86-23-21-81(3,4)26-37(86)36-13-15-47-83(7)19-18-48(82(5,6)46(83)17-20-85(47,9)84(36,8)22-24-86)122-79-71(52(95)39(91)30-112-79)127-77-65(108)69(51(94)34(2)116-77)126-73-60(103)54(97)45(32-114-73)120-75-64(107)59(102)68(43(29-89)119-75)125-78-66(109)70(55(98)41(27-87)117-78)123-49(92)16-12-35-11-14-40(111-10)38(90)25-35/h11-14,16,25,33-34,37,39,41-48,50-79,87-91,93-109H,15,17-24,26-32H2,1-10H3/t33-,34-,37-,39-,41+,42+,43+,44+,45+,46-,47+,48+,50-,51-,52-,53+,54+,55+,56+,57-,58+,59+,60+,61+,62+,63+,64+,65+,66+,67+,68+,69+,70-,71+,72+,73-,74-,75-,76-,77-,78-,79-,83-,84+,85+,86-/m0/s1. The van der Waals surface area contributed by atoms with Crippen molar-refractivity contribution in [2.24, 2.45) is 50.2 Å². The Morgan fingerprint density at radius 2 is 1.02 bits per heavy atom. The first-order valence-electron chi connectivity index (χ1n) is 44.3. The second-order valence-corrected chi connectivity index (χ2v) is 39.3. The van der Waals surface area contributed by atoms with Crippen LogP contribution in [-0.2, 0) is 90.1 Å². The van der Waals surface area contributed by atoms with Gasteiger partial charge in [0.1, 0.15) is 165 Å². The fourth-order valence-electron chi connectivity index (χ4n) is 22.9. The van der Waals surface area contributed by atoms with E-state index in [9.17, 15) is 117 Å². The van der Waals surface area contributed by atoms with Gasteiger partial charge in [0.25, 0.3) is 0 Å². The molecule has 4 saturated carbocycles. The van der Waals surface area contributed by atoms with Crippen LogP contribution in [0.15, 0.2) is 35.9 Å². The van der Waals surface area contributed by atoms with Gasteiger partial charge in [-0.3, -0.25) is 4.79 Å². The van der Waals surface area contributed by atoms with Gasteiger partial charge in [-0.1, -0.05) is 66.2 Å². The number of aromatic hydroxyl groups is 1. The molecule has 22 N–H and O–H groups in total. The highest BCUT2D eigenvalue weighted by atomic mass is 16.8. The average molecular weight is 1840 g/mol. The molecule has 13 aliphatic rings. The second-order valence-electron chi connectivity index (χ2n) is 39.3. The number of hydrogen-bond donors (Lipinski definition) is 22. The molecule has 42 heteroatoms. The maximum atomic E-state index is 15.4. The number of rotatable bonds is 24. The van der Waals surface area contributed by atoms with Gasteiger partial charge in [0.15, 0.2) is 61.6 Å². The summed E-state index contributed by atoms with van der Waals surface area (Å²) in [6, 6.07) is 4.23. The van der Waals surface area contributed by atoms with Crippen LogP contribution < -0.4 is 4.74 Å². The van der Waals surface area contributed by atoms with Crippen LogP contribution in [0.2, 0.25) is 0 Å². The average Bonchev–Trinajstić information content (AvgIpc) is 0.673. The number of methoxy groups -OCH3 is 1. The zero-order chi connectivity index (χ0) is 93.0. The molecule has 0 amide bonds. The van der Waals surface area contributed by atoms with Gasteiger partial charge in [-0.05, 0) is 147 Å². The molecule has 14 rings (SSSR count). The van der Waals surface area contributed by atoms with Crippen molar-refractivity contribution >= 4 is 18.0 Å². The Hall–Kier alpha value is -4.20. The Kier molecular flexibility index (Phi) is 30.5. The molecular formula is C86H132O42. The van der Waals surface area contributed by atoms with Crippen molar-refractivity contribution in [2.45, 2.75) is 366 Å². The quantitative estimate of drug-likeness (QED) is 0.0199. The van der Waals surface area contributed by atoms with E-state index in [4.69, 9.17) is 85.3 Å². The number of benzene rings is 1. The number of aliphatic hydroxyl groups excluding tert-OH is 21. The van der Waals surface area contributed by atoms with Gasteiger partial charge in [-0.15, -0.1) is 0 Å². The van der Waals surface area contributed by atoms with Crippen LogP contribution in [0.1, 0.15) is 132 Å². The number of carbonyl (C=O) groups excluding carboxylic acids is 2. The molecule has 1 aromatic rings. The van der Waals surface area contributed by atoms with Crippen LogP contribution in [0.3, 0.4) is 0 Å². The predicted octanol–water partition coefficient (Wildman–Crippen LogP) is -5.43. The van der Waals surface area contributed by atoms with E-state index < -0.39 is 301 Å². The molecule has 42 nitrogen and oxygen atoms in total. The van der Waals surface area contributed by atoms with Crippen molar-refractivity contribution in [1.29, 1.82) is 0 Å². The van der Waals surface area contributed by atoms with Gasteiger partial charge in [0.2, 0.25) is 6.29 Å². The molecule has 12 fully saturated rings. The number of ether oxygens (including phenoxy) is 18. The number of fused-ring (bicyclic) bond motifs is 7. The molecule has 0 aromatic heterocycles. The number of hydrogen-bond acceptors (Lipinski definition) is 42. The molecule has 5 aliphatic carbocycles. The minimum atomic E-state index is -2.10. The fourth-order valence-corrected chi connectivity index (χ4v) is 22.9. The monoisotopic (exact) mass is 1840 g/mol. The minimum Gasteiger partial charge on any atom is -0.504 e. The molecule has 128 heavy (non-hydrogen) atoms. The van der Waals surface area contributed by atoms with E-state index >= 15 is 4.79 Å². The summed E-state index contributed by atoms with van der Waals surface area (Å²) in [7, 11) is 1.34. The lowest BCUT2D eigenvalue weighted by Crippen LogP contribution is -2.67. The molecule has 46 atom stereocenters. The van der Waals surface area contributed by atoms with Crippen LogP contribution in [0.5, 0.6) is 11.5 Å². The van der Waals surface area contributed by atoms with E-state index in [-0.39, 0.29) is 52.1 Å². The maximum absolute atomic E-state index is 15.4. The Bertz CT molecular complexity index is 3970. The zero-order valence-electron chi connectivity index (χ0n) is 73.0. The largest absolute Gasteiger partial charge is 0.504 e. The zero-order valence-corrected chi connectivity index (χ0v) is 73.0. The highest BCUT2D eigenvalue weighted by Crippen LogP contribution is 2.76. The van der Waals surface area contributed by atoms with Gasteiger partial charge in [0, 0.05) is 6.08 Å². The summed E-state index contributed by atoms with van der Waals surface area (Å²) in [4.78, 5) is 28.4. The van der Waals surface area contributed by atoms with Crippen molar-refractivity contribution in [3.05, 3.63) is 41.5 Å². The summed E-state index contributed by atoms with van der Waals surface area (Å²) in [5, 5.41) is 244. The lowest BCUT2D eigenvalue weighted by atomic mass is 9.33. The number of phenolic OH excluding ortho intramolecular Hbond substituents is 1. The Balaban J connectivity index is 0.589. The lowest BCUT2D eigenvalue weighted by Gasteiger charge is -2.71. The van der Waals surface area contributed by atoms with Crippen LogP contribution >= 0.6 is 0 Å². The van der Waals surface area contributed by atoms with Crippen molar-refractivity contribution < 1.29 is 207 Å². The second kappa shape index (κ2) is 39.1.